The number of halogens is 2. The molecule has 0 bridgehead atoms. The van der Waals surface area contributed by atoms with E-state index in [1.165, 1.54) is 18.4 Å². The van der Waals surface area contributed by atoms with E-state index in [1.807, 2.05) is 0 Å². The van der Waals surface area contributed by atoms with Gasteiger partial charge in [-0.1, -0.05) is 23.2 Å². The quantitative estimate of drug-likeness (QED) is 0.909. The predicted octanol–water partition coefficient (Wildman–Crippen LogP) is 4.39. The van der Waals surface area contributed by atoms with Crippen LogP contribution in [-0.2, 0) is 0 Å². The fourth-order valence-corrected chi connectivity index (χ4v) is 1.86. The van der Waals surface area contributed by atoms with E-state index in [2.05, 4.69) is 0 Å². The predicted molar refractivity (Wildman–Crippen MR) is 66.9 cm³/mol. The van der Waals surface area contributed by atoms with E-state index in [9.17, 15) is 4.79 Å². The van der Waals surface area contributed by atoms with Crippen LogP contribution in [0.25, 0.3) is 0 Å². The third-order valence-electron chi connectivity index (χ3n) is 2.25. The van der Waals surface area contributed by atoms with E-state index in [0.717, 1.165) is 0 Å². The molecule has 0 spiro atoms. The van der Waals surface area contributed by atoms with Gasteiger partial charge >= 0.3 is 11.9 Å². The Labute approximate surface area is 113 Å². The zero-order valence-corrected chi connectivity index (χ0v) is 10.7. The van der Waals surface area contributed by atoms with Gasteiger partial charge in [0.2, 0.25) is 0 Å². The number of furan rings is 1. The lowest BCUT2D eigenvalue weighted by Crippen LogP contribution is -1.99. The smallest absolute Gasteiger partial charge is 0.343 e. The van der Waals surface area contributed by atoms with E-state index >= 15 is 0 Å². The van der Waals surface area contributed by atoms with Gasteiger partial charge in [-0.05, 0) is 25.1 Å². The Bertz CT molecular complexity index is 604. The Morgan fingerprint density at radius 3 is 2.72 bits per heavy atom. The van der Waals surface area contributed by atoms with Crippen molar-refractivity contribution in [3.05, 3.63) is 45.6 Å². The summed E-state index contributed by atoms with van der Waals surface area (Å²) >= 11 is 11.7. The van der Waals surface area contributed by atoms with Gasteiger partial charge in [-0.25, -0.2) is 4.79 Å². The van der Waals surface area contributed by atoms with Crippen LogP contribution in [0.3, 0.4) is 0 Å². The Morgan fingerprint density at radius 1 is 1.39 bits per heavy atom. The minimum atomic E-state index is -1.12. The maximum atomic E-state index is 11.0. The number of carbonyl (C=O) groups is 1. The molecule has 0 saturated carbocycles. The van der Waals surface area contributed by atoms with Gasteiger partial charge in [0.25, 0.3) is 0 Å². The van der Waals surface area contributed by atoms with E-state index in [4.69, 9.17) is 37.5 Å². The maximum Gasteiger partial charge on any atom is 0.343 e. The molecule has 0 fully saturated rings. The Kier molecular flexibility index (Phi) is 3.50. The fourth-order valence-electron chi connectivity index (χ4n) is 1.41. The van der Waals surface area contributed by atoms with Gasteiger partial charge in [0.1, 0.15) is 11.3 Å². The first-order valence-electron chi connectivity index (χ1n) is 4.93. The summed E-state index contributed by atoms with van der Waals surface area (Å²) in [5.41, 5.74) is 0.448. The summed E-state index contributed by atoms with van der Waals surface area (Å²) in [6.07, 6.45) is 1.31. The molecular formula is C12H8Cl2O4. The van der Waals surface area contributed by atoms with Crippen molar-refractivity contribution in [1.82, 2.24) is 0 Å². The van der Waals surface area contributed by atoms with Gasteiger partial charge in [-0.15, -0.1) is 0 Å². The lowest BCUT2D eigenvalue weighted by molar-refractivity contribution is 0.0691. The highest BCUT2D eigenvalue weighted by Crippen LogP contribution is 2.34. The van der Waals surface area contributed by atoms with Crippen molar-refractivity contribution in [2.45, 2.75) is 6.92 Å². The molecule has 1 N–H and O–H groups in total. The molecule has 18 heavy (non-hydrogen) atoms. The Balaban J connectivity index is 2.37. The van der Waals surface area contributed by atoms with E-state index in [0.29, 0.717) is 10.6 Å². The van der Waals surface area contributed by atoms with Crippen LogP contribution in [0.15, 0.2) is 28.9 Å². The molecular weight excluding hydrogens is 279 g/mol. The zero-order chi connectivity index (χ0) is 13.3. The Hall–Kier alpha value is -1.65. The molecule has 0 aliphatic carbocycles. The van der Waals surface area contributed by atoms with Crippen LogP contribution in [0.1, 0.15) is 15.9 Å². The molecule has 2 rings (SSSR count). The minimum absolute atomic E-state index is 0.0268. The summed E-state index contributed by atoms with van der Waals surface area (Å²) in [5.74, 6) is -0.955. The van der Waals surface area contributed by atoms with Gasteiger partial charge in [-0.3, -0.25) is 0 Å². The molecule has 2 aromatic rings. The largest absolute Gasteiger partial charge is 0.477 e. The number of rotatable bonds is 3. The number of hydrogen-bond donors (Lipinski definition) is 1. The van der Waals surface area contributed by atoms with Gasteiger partial charge in [-0.2, -0.15) is 0 Å². The van der Waals surface area contributed by atoms with Gasteiger partial charge < -0.3 is 14.3 Å². The topological polar surface area (TPSA) is 59.7 Å². The molecule has 0 aliphatic heterocycles. The molecule has 1 aromatic carbocycles. The molecule has 0 unspecified atom stereocenters. The van der Waals surface area contributed by atoms with Crippen molar-refractivity contribution in [3.8, 4) is 11.7 Å². The summed E-state index contributed by atoms with van der Waals surface area (Å²) < 4.78 is 10.4. The number of aromatic carboxylic acids is 1. The van der Waals surface area contributed by atoms with Crippen molar-refractivity contribution < 1.29 is 19.1 Å². The number of hydrogen-bond acceptors (Lipinski definition) is 3. The number of ether oxygens (including phenoxy) is 1. The number of carboxylic acids is 1. The van der Waals surface area contributed by atoms with Crippen LogP contribution in [0.4, 0.5) is 0 Å². The molecule has 1 aromatic heterocycles. The summed E-state index contributed by atoms with van der Waals surface area (Å²) in [4.78, 5) is 11.0. The van der Waals surface area contributed by atoms with Crippen LogP contribution in [0.2, 0.25) is 10.0 Å². The van der Waals surface area contributed by atoms with Crippen molar-refractivity contribution >= 4 is 29.2 Å². The van der Waals surface area contributed by atoms with E-state index < -0.39 is 5.97 Å². The molecule has 0 radical (unpaired) electrons. The van der Waals surface area contributed by atoms with E-state index in [1.54, 1.807) is 13.0 Å². The molecule has 0 amide bonds. The summed E-state index contributed by atoms with van der Waals surface area (Å²) in [6, 6.07) is 4.61. The first-order chi connectivity index (χ1) is 8.49. The molecule has 94 valence electrons. The van der Waals surface area contributed by atoms with Crippen molar-refractivity contribution in [3.63, 3.8) is 0 Å². The van der Waals surface area contributed by atoms with Crippen molar-refractivity contribution in [2.24, 2.45) is 0 Å². The first kappa shape index (κ1) is 12.8. The number of benzene rings is 1. The van der Waals surface area contributed by atoms with Gasteiger partial charge in [0.15, 0.2) is 0 Å². The lowest BCUT2D eigenvalue weighted by Gasteiger charge is -2.05. The third kappa shape index (κ3) is 2.44. The normalized spacial score (nSPS) is 10.4. The Morgan fingerprint density at radius 2 is 2.11 bits per heavy atom. The zero-order valence-electron chi connectivity index (χ0n) is 9.24. The van der Waals surface area contributed by atoms with Crippen LogP contribution in [-0.4, -0.2) is 11.1 Å². The molecule has 0 atom stereocenters. The van der Waals surface area contributed by atoms with Crippen LogP contribution in [0.5, 0.6) is 11.7 Å². The van der Waals surface area contributed by atoms with Crippen LogP contribution >= 0.6 is 23.2 Å². The van der Waals surface area contributed by atoms with Crippen LogP contribution in [0, 0.1) is 6.92 Å². The van der Waals surface area contributed by atoms with Gasteiger partial charge in [0.05, 0.1) is 11.3 Å². The summed E-state index contributed by atoms with van der Waals surface area (Å²) in [5, 5.41) is 9.76. The maximum absolute atomic E-state index is 11.0. The monoisotopic (exact) mass is 286 g/mol. The number of carboxylic acid groups (broad SMARTS) is 1. The average Bonchev–Trinajstić information content (AvgIpc) is 2.64. The highest BCUT2D eigenvalue weighted by atomic mass is 35.5. The third-order valence-corrected chi connectivity index (χ3v) is 2.78. The second-order valence-corrected chi connectivity index (χ2v) is 4.41. The first-order valence-corrected chi connectivity index (χ1v) is 5.69. The average molecular weight is 287 g/mol. The second kappa shape index (κ2) is 4.92. The second-order valence-electron chi connectivity index (χ2n) is 3.56. The molecule has 6 heteroatoms. The van der Waals surface area contributed by atoms with Crippen molar-refractivity contribution in [1.29, 1.82) is 0 Å². The highest BCUT2D eigenvalue weighted by molar-refractivity contribution is 6.35. The summed E-state index contributed by atoms with van der Waals surface area (Å²) in [7, 11) is 0. The molecule has 4 nitrogen and oxygen atoms in total. The van der Waals surface area contributed by atoms with Gasteiger partial charge in [0, 0.05) is 10.6 Å². The SMILES string of the molecule is Cc1coc(Oc2ccc(Cl)cc2Cl)c1C(=O)O. The van der Waals surface area contributed by atoms with Crippen molar-refractivity contribution in [2.75, 3.05) is 0 Å². The highest BCUT2D eigenvalue weighted by Gasteiger charge is 2.20. The standard InChI is InChI=1S/C12H8Cl2O4/c1-6-5-17-12(10(6)11(15)16)18-9-3-2-7(13)4-8(9)14/h2-5H,1H3,(H,15,16). The lowest BCUT2D eigenvalue weighted by atomic mass is 10.2. The molecule has 1 heterocycles. The molecule has 0 aliphatic rings. The van der Waals surface area contributed by atoms with E-state index in [-0.39, 0.29) is 22.3 Å². The fraction of sp³-hybridized carbons (Fsp3) is 0.0833. The van der Waals surface area contributed by atoms with Crippen LogP contribution < -0.4 is 4.74 Å². The summed E-state index contributed by atoms with van der Waals surface area (Å²) in [6.45, 7) is 1.61. The molecule has 0 saturated heterocycles. The minimum Gasteiger partial charge on any atom is -0.477 e. The number of aryl methyl sites for hydroxylation is 1.